The maximum absolute atomic E-state index is 13.2. The van der Waals surface area contributed by atoms with Crippen LogP contribution in [0.3, 0.4) is 0 Å². The lowest BCUT2D eigenvalue weighted by molar-refractivity contribution is -0.136. The molecule has 158 valence electrons. The number of benzene rings is 2. The van der Waals surface area contributed by atoms with Crippen molar-refractivity contribution in [2.45, 2.75) is 44.8 Å². The molecular formula is C24H23N3O4. The van der Waals surface area contributed by atoms with E-state index in [-0.39, 0.29) is 30.7 Å². The first-order chi connectivity index (χ1) is 15.0. The third-order valence-corrected chi connectivity index (χ3v) is 6.41. The molecule has 0 aliphatic carbocycles. The van der Waals surface area contributed by atoms with Crippen molar-refractivity contribution in [3.63, 3.8) is 0 Å². The van der Waals surface area contributed by atoms with E-state index in [2.05, 4.69) is 17.4 Å². The molecular weight excluding hydrogens is 394 g/mol. The number of carbonyl (C=O) groups is 4. The van der Waals surface area contributed by atoms with Gasteiger partial charge in [0.2, 0.25) is 11.8 Å². The Hall–Kier alpha value is -3.48. The van der Waals surface area contributed by atoms with Gasteiger partial charge in [0.05, 0.1) is 0 Å². The number of carbonyl (C=O) groups excluding carboxylic acids is 4. The standard InChI is InChI=1S/C24H23N3O4/c28-21-10-9-20(22(29)25-21)27-14-18-12-16(7-8-19(18)24(27)31)23(30)26-11-3-6-15-4-1-2-5-17(15)13-26/h1-2,4-5,7-8,12,20H,3,6,9-11,13-14H2,(H,25,28,29). The molecule has 31 heavy (non-hydrogen) atoms. The van der Waals surface area contributed by atoms with Crippen LogP contribution < -0.4 is 5.32 Å². The number of fused-ring (bicyclic) bond motifs is 2. The average molecular weight is 417 g/mol. The third-order valence-electron chi connectivity index (χ3n) is 6.41. The smallest absolute Gasteiger partial charge is 0.255 e. The summed E-state index contributed by atoms with van der Waals surface area (Å²) in [5, 5.41) is 2.31. The first-order valence-electron chi connectivity index (χ1n) is 10.6. The molecule has 0 spiro atoms. The monoisotopic (exact) mass is 417 g/mol. The molecule has 0 saturated carbocycles. The van der Waals surface area contributed by atoms with Gasteiger partial charge in [0.1, 0.15) is 6.04 Å². The minimum Gasteiger partial charge on any atom is -0.334 e. The molecule has 3 heterocycles. The third kappa shape index (κ3) is 3.50. The number of amides is 4. The molecule has 0 bridgehead atoms. The predicted molar refractivity (Wildman–Crippen MR) is 112 cm³/mol. The Morgan fingerprint density at radius 1 is 0.935 bits per heavy atom. The highest BCUT2D eigenvalue weighted by molar-refractivity contribution is 6.06. The number of rotatable bonds is 2. The fraction of sp³-hybridized carbons (Fsp3) is 0.333. The van der Waals surface area contributed by atoms with E-state index in [9.17, 15) is 19.2 Å². The first kappa shape index (κ1) is 19.5. The van der Waals surface area contributed by atoms with E-state index in [0.717, 1.165) is 18.4 Å². The molecule has 5 rings (SSSR count). The van der Waals surface area contributed by atoms with Crippen molar-refractivity contribution in [1.29, 1.82) is 0 Å². The summed E-state index contributed by atoms with van der Waals surface area (Å²) in [5.41, 5.74) is 4.28. The first-order valence-corrected chi connectivity index (χ1v) is 10.6. The van der Waals surface area contributed by atoms with Crippen LogP contribution in [0.5, 0.6) is 0 Å². The lowest BCUT2D eigenvalue weighted by Crippen LogP contribution is -2.52. The van der Waals surface area contributed by atoms with Crippen LogP contribution in [0, 0.1) is 0 Å². The van der Waals surface area contributed by atoms with Crippen LogP contribution in [-0.4, -0.2) is 46.0 Å². The number of nitrogens with zero attached hydrogens (tertiary/aromatic N) is 2. The average Bonchev–Trinajstić information content (AvgIpc) is 2.95. The minimum absolute atomic E-state index is 0.0496. The van der Waals surface area contributed by atoms with Crippen LogP contribution in [-0.2, 0) is 29.1 Å². The normalized spacial score (nSPS) is 20.8. The number of aryl methyl sites for hydroxylation is 1. The van der Waals surface area contributed by atoms with Crippen molar-refractivity contribution in [2.24, 2.45) is 0 Å². The molecule has 1 fully saturated rings. The van der Waals surface area contributed by atoms with E-state index >= 15 is 0 Å². The second-order valence-corrected chi connectivity index (χ2v) is 8.37. The zero-order chi connectivity index (χ0) is 21.5. The maximum atomic E-state index is 13.2. The molecule has 3 aliphatic heterocycles. The molecule has 2 aromatic rings. The fourth-order valence-electron chi connectivity index (χ4n) is 4.76. The van der Waals surface area contributed by atoms with Crippen LogP contribution >= 0.6 is 0 Å². The van der Waals surface area contributed by atoms with E-state index in [4.69, 9.17) is 0 Å². The van der Waals surface area contributed by atoms with Gasteiger partial charge in [0, 0.05) is 37.2 Å². The Morgan fingerprint density at radius 2 is 1.74 bits per heavy atom. The summed E-state index contributed by atoms with van der Waals surface area (Å²) in [6, 6.07) is 12.7. The second kappa shape index (κ2) is 7.65. The Morgan fingerprint density at radius 3 is 2.55 bits per heavy atom. The summed E-state index contributed by atoms with van der Waals surface area (Å²) in [5.74, 6) is -1.02. The Bertz CT molecular complexity index is 1110. The highest BCUT2D eigenvalue weighted by atomic mass is 16.2. The molecule has 7 nitrogen and oxygen atoms in total. The molecule has 0 radical (unpaired) electrons. The van der Waals surface area contributed by atoms with E-state index in [1.807, 2.05) is 17.0 Å². The van der Waals surface area contributed by atoms with Crippen molar-refractivity contribution in [1.82, 2.24) is 15.1 Å². The van der Waals surface area contributed by atoms with E-state index < -0.39 is 11.9 Å². The zero-order valence-electron chi connectivity index (χ0n) is 17.1. The Labute approximate surface area is 180 Å². The largest absolute Gasteiger partial charge is 0.334 e. The van der Waals surface area contributed by atoms with Gasteiger partial charge in [-0.05, 0) is 54.2 Å². The predicted octanol–water partition coefficient (Wildman–Crippen LogP) is 2.04. The molecule has 1 saturated heterocycles. The van der Waals surface area contributed by atoms with Gasteiger partial charge in [-0.25, -0.2) is 0 Å². The zero-order valence-corrected chi connectivity index (χ0v) is 17.1. The number of piperidine rings is 1. The van der Waals surface area contributed by atoms with Crippen LogP contribution in [0.15, 0.2) is 42.5 Å². The summed E-state index contributed by atoms with van der Waals surface area (Å²) >= 11 is 0. The quantitative estimate of drug-likeness (QED) is 0.758. The molecule has 3 aliphatic rings. The van der Waals surface area contributed by atoms with Gasteiger partial charge in [0.15, 0.2) is 0 Å². The van der Waals surface area contributed by atoms with Crippen molar-refractivity contribution < 1.29 is 19.2 Å². The number of hydrogen-bond donors (Lipinski definition) is 1. The van der Waals surface area contributed by atoms with Crippen molar-refractivity contribution in [2.75, 3.05) is 6.54 Å². The summed E-state index contributed by atoms with van der Waals surface area (Å²) in [7, 11) is 0. The molecule has 1 atom stereocenters. The molecule has 1 N–H and O–H groups in total. The highest BCUT2D eigenvalue weighted by Crippen LogP contribution is 2.29. The van der Waals surface area contributed by atoms with Gasteiger partial charge in [-0.15, -0.1) is 0 Å². The van der Waals surface area contributed by atoms with Gasteiger partial charge in [-0.2, -0.15) is 0 Å². The summed E-state index contributed by atoms with van der Waals surface area (Å²) in [6.07, 6.45) is 2.41. The van der Waals surface area contributed by atoms with Crippen LogP contribution in [0.25, 0.3) is 0 Å². The van der Waals surface area contributed by atoms with Crippen LogP contribution in [0.2, 0.25) is 0 Å². The Kier molecular flexibility index (Phi) is 4.81. The van der Waals surface area contributed by atoms with Gasteiger partial charge in [0.25, 0.3) is 11.8 Å². The molecule has 2 aromatic carbocycles. The number of nitrogens with one attached hydrogen (secondary N) is 1. The van der Waals surface area contributed by atoms with Gasteiger partial charge in [-0.3, -0.25) is 24.5 Å². The van der Waals surface area contributed by atoms with Crippen molar-refractivity contribution >= 4 is 23.6 Å². The van der Waals surface area contributed by atoms with Gasteiger partial charge >= 0.3 is 0 Å². The van der Waals surface area contributed by atoms with E-state index in [1.165, 1.54) is 16.0 Å². The second-order valence-electron chi connectivity index (χ2n) is 8.37. The lowest BCUT2D eigenvalue weighted by Gasteiger charge is -2.29. The lowest BCUT2D eigenvalue weighted by atomic mass is 10.0. The summed E-state index contributed by atoms with van der Waals surface area (Å²) < 4.78 is 0. The van der Waals surface area contributed by atoms with Crippen molar-refractivity contribution in [3.8, 4) is 0 Å². The van der Waals surface area contributed by atoms with Gasteiger partial charge in [-0.1, -0.05) is 24.3 Å². The highest BCUT2D eigenvalue weighted by Gasteiger charge is 2.39. The van der Waals surface area contributed by atoms with E-state index in [1.54, 1.807) is 18.2 Å². The van der Waals surface area contributed by atoms with Crippen LogP contribution in [0.1, 0.15) is 56.7 Å². The molecule has 7 heteroatoms. The minimum atomic E-state index is -0.654. The van der Waals surface area contributed by atoms with E-state index in [0.29, 0.717) is 30.6 Å². The molecule has 1 unspecified atom stereocenters. The molecule has 4 amide bonds. The van der Waals surface area contributed by atoms with Gasteiger partial charge < -0.3 is 9.80 Å². The van der Waals surface area contributed by atoms with Crippen molar-refractivity contribution in [3.05, 3.63) is 70.3 Å². The number of hydrogen-bond acceptors (Lipinski definition) is 4. The Balaban J connectivity index is 1.36. The SMILES string of the molecule is O=C1CCC(N2Cc3cc(C(=O)N4CCCc5ccccc5C4)ccc3C2=O)C(=O)N1. The fourth-order valence-corrected chi connectivity index (χ4v) is 4.76. The maximum Gasteiger partial charge on any atom is 0.255 e. The summed E-state index contributed by atoms with van der Waals surface area (Å²) in [6.45, 7) is 1.53. The molecule has 0 aromatic heterocycles. The summed E-state index contributed by atoms with van der Waals surface area (Å²) in [4.78, 5) is 53.1. The topological polar surface area (TPSA) is 86.8 Å². The number of imide groups is 1. The van der Waals surface area contributed by atoms with Crippen LogP contribution in [0.4, 0.5) is 0 Å².